The third kappa shape index (κ3) is 9.60. The second-order valence-electron chi connectivity index (χ2n) is 8.81. The molecule has 1 aromatic heterocycles. The van der Waals surface area contributed by atoms with Crippen molar-refractivity contribution in [2.24, 2.45) is 10.7 Å². The Morgan fingerprint density at radius 2 is 1.95 bits per heavy atom. The zero-order chi connectivity index (χ0) is 30.0. The van der Waals surface area contributed by atoms with Gasteiger partial charge in [-0.25, -0.2) is 13.8 Å². The second-order valence-corrected chi connectivity index (χ2v) is 8.81. The number of nitrogen functional groups attached to an aromatic ring is 1. The van der Waals surface area contributed by atoms with Crippen molar-refractivity contribution in [2.45, 2.75) is 52.9 Å². The number of halogens is 5. The van der Waals surface area contributed by atoms with E-state index in [9.17, 15) is 17.6 Å². The largest absolute Gasteiger partial charge is 1.00 e. The quantitative estimate of drug-likeness (QED) is 0.179. The molecule has 1 atom stereocenters. The van der Waals surface area contributed by atoms with E-state index in [-0.39, 0.29) is 81.6 Å². The zero-order valence-corrected chi connectivity index (χ0v) is 27.5. The number of anilines is 2. The normalized spacial score (nSPS) is 16.4. The van der Waals surface area contributed by atoms with Crippen LogP contribution < -0.4 is 78.2 Å². The van der Waals surface area contributed by atoms with Gasteiger partial charge in [-0.2, -0.15) is 13.2 Å². The molecule has 0 amide bonds. The molecule has 0 bridgehead atoms. The summed E-state index contributed by atoms with van der Waals surface area (Å²) in [4.78, 5) is 8.09. The molecule has 8 nitrogen and oxygen atoms in total. The average molecular weight is 610 g/mol. The second kappa shape index (κ2) is 17.3. The molecule has 41 heavy (non-hydrogen) atoms. The Hall–Kier alpha value is -1.81. The summed E-state index contributed by atoms with van der Waals surface area (Å²) in [7, 11) is 1.53. The number of aliphatic imine (C=N–C) groups is 1. The van der Waals surface area contributed by atoms with Crippen molar-refractivity contribution >= 4 is 17.6 Å². The number of hydrogen-bond acceptors (Lipinski definition) is 7. The van der Waals surface area contributed by atoms with Crippen LogP contribution in [0.25, 0.3) is 16.6 Å². The fourth-order valence-electron chi connectivity index (χ4n) is 4.09. The molecule has 0 saturated heterocycles. The fourth-order valence-corrected chi connectivity index (χ4v) is 4.09. The minimum absolute atomic E-state index is 0. The van der Waals surface area contributed by atoms with E-state index in [4.69, 9.17) is 16.2 Å². The van der Waals surface area contributed by atoms with Crippen LogP contribution in [-0.2, 0) is 12.7 Å². The molecular weight excluding hydrogens is 572 g/mol. The van der Waals surface area contributed by atoms with E-state index in [1.165, 1.54) is 19.5 Å². The van der Waals surface area contributed by atoms with Crippen molar-refractivity contribution < 1.29 is 78.1 Å². The van der Waals surface area contributed by atoms with Gasteiger partial charge >= 0.3 is 57.6 Å². The summed E-state index contributed by atoms with van der Waals surface area (Å²) >= 11 is 0. The van der Waals surface area contributed by atoms with Crippen LogP contribution in [0.1, 0.15) is 43.9 Å². The fraction of sp³-hybridized carbons (Fsp3) is 0.481. The topological polar surface area (TPSA) is 125 Å². The Balaban J connectivity index is 0.00000274. The molecule has 0 spiro atoms. The van der Waals surface area contributed by atoms with Crippen LogP contribution >= 0.6 is 0 Å². The number of fused-ring (bicyclic) bond motifs is 1. The number of rotatable bonds is 5. The van der Waals surface area contributed by atoms with Crippen molar-refractivity contribution in [3.05, 3.63) is 51.5 Å². The molecule has 2 aromatic rings. The van der Waals surface area contributed by atoms with Crippen LogP contribution in [0.4, 0.5) is 33.3 Å². The monoisotopic (exact) mass is 609 g/mol. The number of nitrogens with zero attached hydrogens (tertiary/aromatic N) is 3. The molecule has 0 fully saturated rings. The molecule has 1 unspecified atom stereocenters. The SMILES string of the molecule is CC.CN=C/C(=C\N)CNc1c(F)c(-c2cc(N)c(F)c(C)c2C(F)(F)F)nc2c1C[N-]CCNCCC(C)O2.[K+]. The standard InChI is InChI=1S/C25H31F5N7O.C2H6.K/c1-13-4-5-34-6-7-35-12-17-22(36-11-15(9-31)10-33-3)21(27)23(37-24(17)38-13)16-8-18(32)20(26)14(2)19(16)25(28,29)30;1-2;/h8-10,13,34H,4-7,11-12,31-32H2,1-3H3,(H,36,37);1-2H3;/q-1;;+1/b15-9+,33-10?;;. The molecule has 222 valence electrons. The first-order valence-electron chi connectivity index (χ1n) is 12.9. The molecule has 0 aliphatic carbocycles. The van der Waals surface area contributed by atoms with E-state index in [1.807, 2.05) is 13.8 Å². The summed E-state index contributed by atoms with van der Waals surface area (Å²) in [6.07, 6.45) is -2.15. The number of aromatic nitrogens is 1. The summed E-state index contributed by atoms with van der Waals surface area (Å²) in [6.45, 7) is 8.30. The summed E-state index contributed by atoms with van der Waals surface area (Å²) < 4.78 is 79.0. The van der Waals surface area contributed by atoms with Gasteiger partial charge in [-0.15, -0.1) is 13.1 Å². The van der Waals surface area contributed by atoms with Crippen LogP contribution in [0.5, 0.6) is 5.88 Å². The van der Waals surface area contributed by atoms with E-state index in [0.717, 1.165) is 13.0 Å². The van der Waals surface area contributed by atoms with E-state index in [2.05, 4.69) is 25.9 Å². The maximum absolute atomic E-state index is 16.2. The predicted molar refractivity (Wildman–Crippen MR) is 150 cm³/mol. The van der Waals surface area contributed by atoms with Crippen LogP contribution in [0, 0.1) is 18.6 Å². The number of pyridine rings is 1. The third-order valence-electron chi connectivity index (χ3n) is 6.00. The van der Waals surface area contributed by atoms with Gasteiger partial charge in [0.05, 0.1) is 23.0 Å². The molecule has 3 rings (SSSR count). The first-order chi connectivity index (χ1) is 19.0. The number of alkyl halides is 3. The summed E-state index contributed by atoms with van der Waals surface area (Å²) in [5, 5.41) is 10.5. The molecule has 1 aliphatic rings. The van der Waals surface area contributed by atoms with Crippen LogP contribution in [0.3, 0.4) is 0 Å². The van der Waals surface area contributed by atoms with Gasteiger partial charge in [0, 0.05) is 42.7 Å². The van der Waals surface area contributed by atoms with Gasteiger partial charge in [0.1, 0.15) is 11.5 Å². The van der Waals surface area contributed by atoms with Crippen LogP contribution in [0.2, 0.25) is 0 Å². The maximum Gasteiger partial charge on any atom is 1.00 e. The molecular formula is C27H37F5KN7O. The van der Waals surface area contributed by atoms with Gasteiger partial charge in [0.25, 0.3) is 0 Å². The molecule has 0 radical (unpaired) electrons. The van der Waals surface area contributed by atoms with Gasteiger partial charge in [-0.3, -0.25) is 4.99 Å². The average Bonchev–Trinajstić information content (AvgIpc) is 2.94. The Bertz CT molecular complexity index is 1220. The first kappa shape index (κ1) is 37.2. The Kier molecular flexibility index (Phi) is 15.7. The summed E-state index contributed by atoms with van der Waals surface area (Å²) in [6, 6.07) is 0.741. The van der Waals surface area contributed by atoms with Crippen molar-refractivity contribution in [1.29, 1.82) is 0 Å². The molecule has 1 aromatic carbocycles. The van der Waals surface area contributed by atoms with Gasteiger partial charge in [-0.1, -0.05) is 13.8 Å². The smallest absolute Gasteiger partial charge is 0.657 e. The number of benzene rings is 1. The molecule has 2 heterocycles. The summed E-state index contributed by atoms with van der Waals surface area (Å²) in [5.41, 5.74) is 7.77. The third-order valence-corrected chi connectivity index (χ3v) is 6.00. The molecule has 6 N–H and O–H groups in total. The number of nitrogens with one attached hydrogen (secondary N) is 2. The van der Waals surface area contributed by atoms with E-state index >= 15 is 4.39 Å². The Morgan fingerprint density at radius 1 is 1.27 bits per heavy atom. The van der Waals surface area contributed by atoms with Gasteiger partial charge in [0.15, 0.2) is 5.82 Å². The van der Waals surface area contributed by atoms with E-state index in [1.54, 1.807) is 6.92 Å². The van der Waals surface area contributed by atoms with Crippen LogP contribution in [-0.4, -0.2) is 50.5 Å². The van der Waals surface area contributed by atoms with Gasteiger partial charge < -0.3 is 32.2 Å². The first-order valence-corrected chi connectivity index (χ1v) is 12.9. The zero-order valence-electron chi connectivity index (χ0n) is 24.3. The Labute approximate surface area is 280 Å². The Morgan fingerprint density at radius 3 is 2.56 bits per heavy atom. The van der Waals surface area contributed by atoms with Crippen molar-refractivity contribution in [1.82, 2.24) is 10.3 Å². The molecule has 0 saturated carbocycles. The van der Waals surface area contributed by atoms with Crippen molar-refractivity contribution in [2.75, 3.05) is 44.3 Å². The summed E-state index contributed by atoms with van der Waals surface area (Å²) in [5.74, 6) is -2.41. The van der Waals surface area contributed by atoms with Gasteiger partial charge in [0.2, 0.25) is 5.88 Å². The van der Waals surface area contributed by atoms with E-state index < -0.39 is 52.0 Å². The minimum atomic E-state index is -5.02. The minimum Gasteiger partial charge on any atom is -0.657 e. The number of ether oxygens (including phenoxy) is 1. The van der Waals surface area contributed by atoms with Crippen molar-refractivity contribution in [3.8, 4) is 17.1 Å². The van der Waals surface area contributed by atoms with Crippen molar-refractivity contribution in [3.63, 3.8) is 0 Å². The number of hydrogen-bond donors (Lipinski definition) is 4. The maximum atomic E-state index is 16.2. The van der Waals surface area contributed by atoms with Gasteiger partial charge in [-0.05, 0) is 45.0 Å². The van der Waals surface area contributed by atoms with E-state index in [0.29, 0.717) is 31.6 Å². The predicted octanol–water partition coefficient (Wildman–Crippen LogP) is 2.56. The number of nitrogens with two attached hydrogens (primary N) is 2. The molecule has 14 heteroatoms. The molecule has 1 aliphatic heterocycles. The van der Waals surface area contributed by atoms with Crippen LogP contribution in [0.15, 0.2) is 22.8 Å².